The van der Waals surface area contributed by atoms with Crippen molar-refractivity contribution in [2.45, 2.75) is 6.92 Å². The van der Waals surface area contributed by atoms with E-state index < -0.39 is 0 Å². The summed E-state index contributed by atoms with van der Waals surface area (Å²) in [7, 11) is 3.08. The molecule has 0 saturated heterocycles. The Morgan fingerprint density at radius 3 is 2.67 bits per heavy atom. The molecule has 0 bridgehead atoms. The molecule has 1 aromatic carbocycles. The second-order valence-corrected chi connectivity index (χ2v) is 4.57. The van der Waals surface area contributed by atoms with Crippen molar-refractivity contribution in [1.29, 1.82) is 10.5 Å². The predicted octanol–water partition coefficient (Wildman–Crippen LogP) is 1.56. The summed E-state index contributed by atoms with van der Waals surface area (Å²) in [5.74, 6) is 0.327. The smallest absolute Gasteiger partial charge is 0.260 e. The minimum absolute atomic E-state index is 0.156. The van der Waals surface area contributed by atoms with Gasteiger partial charge < -0.3 is 14.4 Å². The third-order valence-corrected chi connectivity index (χ3v) is 2.84. The molecule has 0 aliphatic rings. The molecule has 1 amide bonds. The van der Waals surface area contributed by atoms with Crippen LogP contribution in [0.2, 0.25) is 0 Å². The van der Waals surface area contributed by atoms with Crippen LogP contribution in [0.25, 0.3) is 0 Å². The number of carbonyl (C=O) groups is 1. The van der Waals surface area contributed by atoms with Crippen LogP contribution in [-0.4, -0.2) is 38.1 Å². The summed E-state index contributed by atoms with van der Waals surface area (Å²) in [5, 5.41) is 17.5. The van der Waals surface area contributed by atoms with Crippen molar-refractivity contribution in [3.63, 3.8) is 0 Å². The predicted molar refractivity (Wildman–Crippen MR) is 75.6 cm³/mol. The number of hydrogen-bond donors (Lipinski definition) is 0. The molecule has 110 valence electrons. The molecule has 6 nitrogen and oxygen atoms in total. The summed E-state index contributed by atoms with van der Waals surface area (Å²) in [5.41, 5.74) is 0.450. The van der Waals surface area contributed by atoms with Crippen LogP contribution in [0.4, 0.5) is 0 Å². The van der Waals surface area contributed by atoms with Crippen LogP contribution in [0.1, 0.15) is 12.5 Å². The number of rotatable bonds is 6. The first kappa shape index (κ1) is 16.3. The number of nitrogens with zero attached hydrogens (tertiary/aromatic N) is 3. The Kier molecular flexibility index (Phi) is 6.03. The summed E-state index contributed by atoms with van der Waals surface area (Å²) in [6.07, 6.45) is 0. The number of hydrogen-bond acceptors (Lipinski definition) is 5. The molecule has 0 aromatic heterocycles. The van der Waals surface area contributed by atoms with Crippen LogP contribution in [0, 0.1) is 28.6 Å². The lowest BCUT2D eigenvalue weighted by Gasteiger charge is -2.19. The van der Waals surface area contributed by atoms with Gasteiger partial charge in [-0.2, -0.15) is 10.5 Å². The lowest BCUT2D eigenvalue weighted by Crippen LogP contribution is -2.34. The van der Waals surface area contributed by atoms with Crippen molar-refractivity contribution in [2.24, 2.45) is 5.92 Å². The molecule has 0 spiro atoms. The van der Waals surface area contributed by atoms with Gasteiger partial charge in [0, 0.05) is 19.7 Å². The van der Waals surface area contributed by atoms with E-state index in [9.17, 15) is 4.79 Å². The first-order chi connectivity index (χ1) is 10.0. The number of likely N-dealkylation sites (N-methyl/N-ethyl adjacent to an activating group) is 1. The summed E-state index contributed by atoms with van der Waals surface area (Å²) < 4.78 is 10.5. The summed E-state index contributed by atoms with van der Waals surface area (Å²) in [6.45, 7) is 1.94. The number of benzene rings is 1. The van der Waals surface area contributed by atoms with Crippen LogP contribution in [-0.2, 0) is 4.79 Å². The van der Waals surface area contributed by atoms with Crippen molar-refractivity contribution >= 4 is 5.91 Å². The molecule has 0 aliphatic carbocycles. The van der Waals surface area contributed by atoms with E-state index in [1.165, 1.54) is 12.0 Å². The van der Waals surface area contributed by atoms with Gasteiger partial charge in [0.2, 0.25) is 0 Å². The highest BCUT2D eigenvalue weighted by atomic mass is 16.5. The Hall–Kier alpha value is -2.73. The average Bonchev–Trinajstić information content (AvgIpc) is 2.51. The fraction of sp³-hybridized carbons (Fsp3) is 0.400. The number of methoxy groups -OCH3 is 1. The van der Waals surface area contributed by atoms with Crippen molar-refractivity contribution in [2.75, 3.05) is 27.3 Å². The van der Waals surface area contributed by atoms with Gasteiger partial charge in [-0.1, -0.05) is 0 Å². The van der Waals surface area contributed by atoms with E-state index in [0.29, 0.717) is 23.6 Å². The van der Waals surface area contributed by atoms with E-state index in [1.54, 1.807) is 32.2 Å². The van der Waals surface area contributed by atoms with Crippen molar-refractivity contribution in [3.8, 4) is 23.6 Å². The van der Waals surface area contributed by atoms with Crippen LogP contribution in [0.5, 0.6) is 11.5 Å². The maximum atomic E-state index is 11.9. The van der Waals surface area contributed by atoms with Crippen LogP contribution >= 0.6 is 0 Å². The number of amides is 1. The van der Waals surface area contributed by atoms with Gasteiger partial charge in [-0.15, -0.1) is 0 Å². The van der Waals surface area contributed by atoms with Crippen molar-refractivity contribution < 1.29 is 14.3 Å². The molecule has 0 radical (unpaired) electrons. The van der Waals surface area contributed by atoms with Gasteiger partial charge in [0.15, 0.2) is 18.1 Å². The van der Waals surface area contributed by atoms with Crippen molar-refractivity contribution in [1.82, 2.24) is 4.90 Å². The molecule has 6 heteroatoms. The van der Waals surface area contributed by atoms with Gasteiger partial charge in [0.1, 0.15) is 0 Å². The molecule has 0 N–H and O–H groups in total. The molecule has 1 rings (SSSR count). The zero-order valence-corrected chi connectivity index (χ0v) is 12.3. The highest BCUT2D eigenvalue weighted by Gasteiger charge is 2.14. The minimum Gasteiger partial charge on any atom is -0.493 e. The van der Waals surface area contributed by atoms with E-state index in [0.717, 1.165) is 0 Å². The summed E-state index contributed by atoms with van der Waals surface area (Å²) in [4.78, 5) is 13.3. The maximum absolute atomic E-state index is 11.9. The first-order valence-corrected chi connectivity index (χ1v) is 6.36. The summed E-state index contributed by atoms with van der Waals surface area (Å²) >= 11 is 0. The number of carbonyl (C=O) groups excluding carboxylic acids is 1. The second-order valence-electron chi connectivity index (χ2n) is 4.57. The van der Waals surface area contributed by atoms with E-state index in [-0.39, 0.29) is 18.4 Å². The molecule has 0 aliphatic heterocycles. The maximum Gasteiger partial charge on any atom is 0.260 e. The Labute approximate surface area is 124 Å². The largest absolute Gasteiger partial charge is 0.493 e. The van der Waals surface area contributed by atoms with Gasteiger partial charge in [-0.3, -0.25) is 4.79 Å². The monoisotopic (exact) mass is 287 g/mol. The highest BCUT2D eigenvalue weighted by Crippen LogP contribution is 2.27. The SMILES string of the molecule is COc1cc(C#N)ccc1OCC(=O)N(C)C[C@@H](C)C#N. The number of nitriles is 2. The molecular weight excluding hydrogens is 270 g/mol. The lowest BCUT2D eigenvalue weighted by atomic mass is 10.2. The third-order valence-electron chi connectivity index (χ3n) is 2.84. The van der Waals surface area contributed by atoms with Crippen molar-refractivity contribution in [3.05, 3.63) is 23.8 Å². The molecular formula is C15H17N3O3. The molecule has 21 heavy (non-hydrogen) atoms. The summed E-state index contributed by atoms with van der Waals surface area (Å²) in [6, 6.07) is 8.78. The molecule has 0 fully saturated rings. The van der Waals surface area contributed by atoms with Crippen LogP contribution in [0.15, 0.2) is 18.2 Å². The topological polar surface area (TPSA) is 86.3 Å². The van der Waals surface area contributed by atoms with Crippen LogP contribution in [0.3, 0.4) is 0 Å². The van der Waals surface area contributed by atoms with Crippen LogP contribution < -0.4 is 9.47 Å². The van der Waals surface area contributed by atoms with E-state index in [4.69, 9.17) is 20.0 Å². The minimum atomic E-state index is -0.233. The fourth-order valence-electron chi connectivity index (χ4n) is 1.66. The highest BCUT2D eigenvalue weighted by molar-refractivity contribution is 5.77. The average molecular weight is 287 g/mol. The Balaban J connectivity index is 2.65. The van der Waals surface area contributed by atoms with Gasteiger partial charge in [0.25, 0.3) is 5.91 Å². The van der Waals surface area contributed by atoms with E-state index in [2.05, 4.69) is 6.07 Å². The van der Waals surface area contributed by atoms with Gasteiger partial charge in [-0.05, 0) is 19.1 Å². The zero-order valence-electron chi connectivity index (χ0n) is 12.3. The molecule has 0 saturated carbocycles. The Morgan fingerprint density at radius 2 is 2.10 bits per heavy atom. The number of ether oxygens (including phenoxy) is 2. The third kappa shape index (κ3) is 4.70. The Bertz CT molecular complexity index is 587. The van der Waals surface area contributed by atoms with Gasteiger partial charge in [-0.25, -0.2) is 0 Å². The van der Waals surface area contributed by atoms with E-state index in [1.807, 2.05) is 6.07 Å². The van der Waals surface area contributed by atoms with E-state index >= 15 is 0 Å². The van der Waals surface area contributed by atoms with Gasteiger partial charge in [0.05, 0.1) is 30.7 Å². The standard InChI is InChI=1S/C15H17N3O3/c1-11(7-16)9-18(2)15(19)10-21-13-5-4-12(8-17)6-14(13)20-3/h4-6,11H,9-10H2,1-3H3/t11-/m0/s1. The fourth-order valence-corrected chi connectivity index (χ4v) is 1.66. The Morgan fingerprint density at radius 1 is 1.38 bits per heavy atom. The normalized spacial score (nSPS) is 10.9. The quantitative estimate of drug-likeness (QED) is 0.792. The second kappa shape index (κ2) is 7.76. The van der Waals surface area contributed by atoms with Gasteiger partial charge >= 0.3 is 0 Å². The molecule has 1 aromatic rings. The molecule has 0 unspecified atom stereocenters. The molecule has 0 heterocycles. The first-order valence-electron chi connectivity index (χ1n) is 6.36. The molecule has 1 atom stereocenters. The zero-order chi connectivity index (χ0) is 15.8. The lowest BCUT2D eigenvalue weighted by molar-refractivity contribution is -0.132.